The van der Waals surface area contributed by atoms with Crippen LogP contribution in [0.3, 0.4) is 0 Å². The Morgan fingerprint density at radius 3 is 2.35 bits per heavy atom. The number of alkyl carbamates (subject to hydrolysis) is 1. The van der Waals surface area contributed by atoms with Gasteiger partial charge in [-0.05, 0) is 51.4 Å². The first-order valence-corrected chi connectivity index (χ1v) is 8.15. The molecule has 2 amide bonds. The maximum absolute atomic E-state index is 14.7. The van der Waals surface area contributed by atoms with Gasteiger partial charge in [0.25, 0.3) is 0 Å². The Bertz CT molecular complexity index is 469. The minimum absolute atomic E-state index is 0.161. The summed E-state index contributed by atoms with van der Waals surface area (Å²) in [6, 6.07) is -0.622. The molecule has 1 saturated heterocycles. The number of nitrogens with one attached hydrogen (secondary N) is 1. The van der Waals surface area contributed by atoms with Gasteiger partial charge in [0, 0.05) is 13.1 Å². The summed E-state index contributed by atoms with van der Waals surface area (Å²) in [5, 5.41) is 11.8. The largest absolute Gasteiger partial charge is 0.465 e. The third kappa shape index (κ3) is 3.87. The zero-order valence-corrected chi connectivity index (χ0v) is 14.3. The minimum Gasteiger partial charge on any atom is -0.465 e. The Morgan fingerprint density at radius 2 is 1.87 bits per heavy atom. The third-order valence-electron chi connectivity index (χ3n) is 4.95. The third-order valence-corrected chi connectivity index (χ3v) is 4.95. The van der Waals surface area contributed by atoms with Crippen molar-refractivity contribution in [1.29, 1.82) is 0 Å². The molecule has 0 bridgehead atoms. The van der Waals surface area contributed by atoms with E-state index in [1.54, 1.807) is 20.8 Å². The molecule has 3 atom stereocenters. The van der Waals surface area contributed by atoms with Gasteiger partial charge in [-0.15, -0.1) is 0 Å². The number of nitrogens with zero attached hydrogens (tertiary/aromatic N) is 1. The molecule has 0 radical (unpaired) electrons. The first-order valence-electron chi connectivity index (χ1n) is 8.15. The molecule has 0 aromatic rings. The first kappa shape index (κ1) is 17.8. The topological polar surface area (TPSA) is 78.9 Å². The lowest BCUT2D eigenvalue weighted by Crippen LogP contribution is -2.54. The Hall–Kier alpha value is -1.53. The quantitative estimate of drug-likeness (QED) is 0.774. The van der Waals surface area contributed by atoms with Gasteiger partial charge in [-0.3, -0.25) is 0 Å². The molecule has 2 aliphatic rings. The molecular weight excluding hydrogens is 303 g/mol. The van der Waals surface area contributed by atoms with Crippen molar-refractivity contribution < 1.29 is 23.8 Å². The fourth-order valence-electron chi connectivity index (χ4n) is 3.87. The number of hydrogen-bond acceptors (Lipinski definition) is 3. The smallest absolute Gasteiger partial charge is 0.407 e. The molecule has 2 N–H and O–H groups in total. The highest BCUT2D eigenvalue weighted by Crippen LogP contribution is 2.50. The Morgan fingerprint density at radius 1 is 1.30 bits per heavy atom. The molecule has 0 aromatic carbocycles. The van der Waals surface area contributed by atoms with Gasteiger partial charge in [0.1, 0.15) is 11.8 Å². The van der Waals surface area contributed by atoms with Crippen molar-refractivity contribution in [2.45, 2.75) is 64.8 Å². The minimum atomic E-state index is -1.14. The molecule has 1 aliphatic heterocycles. The molecule has 1 spiro atoms. The summed E-state index contributed by atoms with van der Waals surface area (Å²) in [4.78, 5) is 24.5. The SMILES string of the molecule is C[C@@H]1CC2(CCN(C(=O)O)CC2)[C@H](NC(=O)OC(C)(C)C)[C@@H]1F. The molecule has 1 heterocycles. The fraction of sp³-hybridized carbons (Fsp3) is 0.875. The van der Waals surface area contributed by atoms with Crippen LogP contribution in [0.4, 0.5) is 14.0 Å². The molecule has 132 valence electrons. The predicted octanol–water partition coefficient (Wildman–Crippen LogP) is 3.02. The summed E-state index contributed by atoms with van der Waals surface area (Å²) < 4.78 is 19.9. The van der Waals surface area contributed by atoms with E-state index in [0.717, 1.165) is 0 Å². The van der Waals surface area contributed by atoms with E-state index in [0.29, 0.717) is 32.4 Å². The number of piperidine rings is 1. The maximum Gasteiger partial charge on any atom is 0.407 e. The zero-order valence-electron chi connectivity index (χ0n) is 14.3. The summed E-state index contributed by atoms with van der Waals surface area (Å²) in [5.74, 6) is -0.161. The first-order chi connectivity index (χ1) is 10.5. The van der Waals surface area contributed by atoms with Crippen LogP contribution in [-0.2, 0) is 4.74 Å². The van der Waals surface area contributed by atoms with Crippen LogP contribution in [0.25, 0.3) is 0 Å². The molecular formula is C16H27FN2O4. The number of carbonyl (C=O) groups excluding carboxylic acids is 1. The van der Waals surface area contributed by atoms with Crippen molar-refractivity contribution in [2.75, 3.05) is 13.1 Å². The van der Waals surface area contributed by atoms with Gasteiger partial charge < -0.3 is 20.1 Å². The second-order valence-electron chi connectivity index (χ2n) is 7.88. The van der Waals surface area contributed by atoms with Gasteiger partial charge in [-0.25, -0.2) is 14.0 Å². The van der Waals surface area contributed by atoms with E-state index < -0.39 is 30.0 Å². The maximum atomic E-state index is 14.7. The lowest BCUT2D eigenvalue weighted by Gasteiger charge is -2.42. The summed E-state index contributed by atoms with van der Waals surface area (Å²) in [6.45, 7) is 7.88. The molecule has 2 rings (SSSR count). The highest BCUT2D eigenvalue weighted by molar-refractivity contribution is 5.68. The Labute approximate surface area is 136 Å². The van der Waals surface area contributed by atoms with Gasteiger partial charge >= 0.3 is 12.2 Å². The zero-order chi connectivity index (χ0) is 17.4. The number of amides is 2. The molecule has 23 heavy (non-hydrogen) atoms. The van der Waals surface area contributed by atoms with E-state index in [1.807, 2.05) is 6.92 Å². The van der Waals surface area contributed by atoms with E-state index in [-0.39, 0.29) is 11.3 Å². The van der Waals surface area contributed by atoms with Crippen LogP contribution in [0.5, 0.6) is 0 Å². The average molecular weight is 330 g/mol. The van der Waals surface area contributed by atoms with Gasteiger partial charge in [-0.2, -0.15) is 0 Å². The number of carboxylic acid groups (broad SMARTS) is 1. The summed E-state index contributed by atoms with van der Waals surface area (Å²) in [7, 11) is 0. The van der Waals surface area contributed by atoms with Crippen LogP contribution in [0.1, 0.15) is 47.0 Å². The molecule has 6 nitrogen and oxygen atoms in total. The Kier molecular flexibility index (Phi) is 4.78. The number of rotatable bonds is 1. The fourth-order valence-corrected chi connectivity index (χ4v) is 3.87. The van der Waals surface area contributed by atoms with Crippen molar-refractivity contribution in [1.82, 2.24) is 10.2 Å². The number of alkyl halides is 1. The van der Waals surface area contributed by atoms with E-state index in [2.05, 4.69) is 5.32 Å². The normalized spacial score (nSPS) is 30.3. The molecule has 2 fully saturated rings. The lowest BCUT2D eigenvalue weighted by molar-refractivity contribution is 0.0314. The highest BCUT2D eigenvalue weighted by Gasteiger charge is 2.54. The summed E-state index contributed by atoms with van der Waals surface area (Å²) in [6.07, 6.45) is -0.922. The number of halogens is 1. The Balaban J connectivity index is 2.09. The average Bonchev–Trinajstić information content (AvgIpc) is 2.62. The van der Waals surface area contributed by atoms with E-state index in [9.17, 15) is 14.0 Å². The number of likely N-dealkylation sites (tertiary alicyclic amines) is 1. The van der Waals surface area contributed by atoms with Crippen LogP contribution >= 0.6 is 0 Å². The predicted molar refractivity (Wildman–Crippen MR) is 83.1 cm³/mol. The van der Waals surface area contributed by atoms with Crippen LogP contribution in [0, 0.1) is 11.3 Å². The van der Waals surface area contributed by atoms with Gasteiger partial charge in [0.15, 0.2) is 0 Å². The summed E-state index contributed by atoms with van der Waals surface area (Å²) in [5.41, 5.74) is -1.03. The molecule has 0 aromatic heterocycles. The van der Waals surface area contributed by atoms with Crippen molar-refractivity contribution in [3.8, 4) is 0 Å². The van der Waals surface area contributed by atoms with Gasteiger partial charge in [-0.1, -0.05) is 6.92 Å². The molecule has 1 aliphatic carbocycles. The molecule has 1 saturated carbocycles. The van der Waals surface area contributed by atoms with E-state index in [1.165, 1.54) is 4.90 Å². The van der Waals surface area contributed by atoms with E-state index >= 15 is 0 Å². The monoisotopic (exact) mass is 330 g/mol. The highest BCUT2D eigenvalue weighted by atomic mass is 19.1. The summed E-state index contributed by atoms with van der Waals surface area (Å²) >= 11 is 0. The second-order valence-corrected chi connectivity index (χ2v) is 7.88. The van der Waals surface area contributed by atoms with Crippen molar-refractivity contribution in [3.63, 3.8) is 0 Å². The van der Waals surface area contributed by atoms with Crippen molar-refractivity contribution in [3.05, 3.63) is 0 Å². The second kappa shape index (κ2) is 6.17. The van der Waals surface area contributed by atoms with Crippen LogP contribution in [-0.4, -0.2) is 53.1 Å². The van der Waals surface area contributed by atoms with Crippen LogP contribution in [0.15, 0.2) is 0 Å². The standard InChI is InChI=1S/C16H27FN2O4/c1-10-9-16(5-7-19(8-6-16)14(21)22)12(11(10)17)18-13(20)23-15(2,3)4/h10-12H,5-9H2,1-4H3,(H,18,20)(H,21,22)/t10-,11-,12-/m1/s1. The molecule has 7 heteroatoms. The van der Waals surface area contributed by atoms with Crippen LogP contribution < -0.4 is 5.32 Å². The van der Waals surface area contributed by atoms with Crippen LogP contribution in [0.2, 0.25) is 0 Å². The number of ether oxygens (including phenoxy) is 1. The molecule has 0 unspecified atom stereocenters. The van der Waals surface area contributed by atoms with Gasteiger partial charge in [0.2, 0.25) is 0 Å². The lowest BCUT2D eigenvalue weighted by atomic mass is 9.73. The van der Waals surface area contributed by atoms with Crippen molar-refractivity contribution in [2.24, 2.45) is 11.3 Å². The number of carbonyl (C=O) groups is 2. The van der Waals surface area contributed by atoms with E-state index in [4.69, 9.17) is 9.84 Å². The number of hydrogen-bond donors (Lipinski definition) is 2. The van der Waals surface area contributed by atoms with Gasteiger partial charge in [0.05, 0.1) is 6.04 Å². The van der Waals surface area contributed by atoms with Crippen molar-refractivity contribution >= 4 is 12.2 Å².